The number of benzene rings is 3. The molecule has 0 amide bonds. The third-order valence-electron chi connectivity index (χ3n) is 3.48. The summed E-state index contributed by atoms with van der Waals surface area (Å²) in [4.78, 5) is 0. The van der Waals surface area contributed by atoms with Crippen LogP contribution >= 0.6 is 0 Å². The first-order valence-corrected chi connectivity index (χ1v) is 7.48. The molecule has 4 heteroatoms. The van der Waals surface area contributed by atoms with Crippen LogP contribution in [0.1, 0.15) is 16.7 Å². The van der Waals surface area contributed by atoms with Crippen molar-refractivity contribution in [3.05, 3.63) is 95.6 Å². The quantitative estimate of drug-likeness (QED) is 0.565. The maximum absolute atomic E-state index is 9.77. The van der Waals surface area contributed by atoms with Crippen molar-refractivity contribution >= 4 is 11.9 Å². The molecule has 0 unspecified atom stereocenters. The van der Waals surface area contributed by atoms with Crippen LogP contribution in [0.25, 0.3) is 0 Å². The predicted molar refractivity (Wildman–Crippen MR) is 95.9 cm³/mol. The van der Waals surface area contributed by atoms with Crippen molar-refractivity contribution in [3.8, 4) is 11.5 Å². The minimum atomic E-state index is 0.155. The highest BCUT2D eigenvalue weighted by Gasteiger charge is 2.06. The van der Waals surface area contributed by atoms with Crippen LogP contribution in [0.15, 0.2) is 89.1 Å². The van der Waals surface area contributed by atoms with Gasteiger partial charge in [-0.2, -0.15) is 5.10 Å². The van der Waals surface area contributed by atoms with Gasteiger partial charge in [0.1, 0.15) is 17.2 Å². The number of phenolic OH excluding ortho intramolecular Hbond substituents is 2. The minimum Gasteiger partial charge on any atom is -0.508 e. The number of phenols is 2. The first kappa shape index (κ1) is 15.5. The summed E-state index contributed by atoms with van der Waals surface area (Å²) < 4.78 is 0. The molecule has 3 aromatic carbocycles. The highest BCUT2D eigenvalue weighted by atomic mass is 16.3. The van der Waals surface area contributed by atoms with E-state index in [-0.39, 0.29) is 11.5 Å². The van der Waals surface area contributed by atoms with Gasteiger partial charge in [0.25, 0.3) is 0 Å². The molecule has 0 aliphatic carbocycles. The molecule has 3 aromatic rings. The second kappa shape index (κ2) is 7.24. The molecule has 3 rings (SSSR count). The lowest BCUT2D eigenvalue weighted by Gasteiger charge is -2.05. The molecule has 0 bridgehead atoms. The van der Waals surface area contributed by atoms with E-state index in [9.17, 15) is 10.2 Å². The van der Waals surface area contributed by atoms with E-state index in [2.05, 4.69) is 10.2 Å². The number of hydrogen-bond acceptors (Lipinski definition) is 4. The Kier molecular flexibility index (Phi) is 4.68. The van der Waals surface area contributed by atoms with Crippen LogP contribution in [0, 0.1) is 0 Å². The summed E-state index contributed by atoms with van der Waals surface area (Å²) in [5.74, 6) is 0.353. The summed E-state index contributed by atoms with van der Waals surface area (Å²) in [6, 6.07) is 23.4. The van der Waals surface area contributed by atoms with Crippen molar-refractivity contribution in [3.63, 3.8) is 0 Å². The smallest absolute Gasteiger partial charge is 0.124 e. The molecular formula is C20H16N2O2. The van der Waals surface area contributed by atoms with Gasteiger partial charge in [-0.25, -0.2) is 0 Å². The standard InChI is InChI=1S/C20H16N2O2/c23-18-12-10-16(11-13-18)20(15-6-2-1-3-7-15)22-21-14-17-8-4-5-9-19(17)24/h1-14,23-24H/b21-14+,22-20-. The van der Waals surface area contributed by atoms with Crippen LogP contribution in [0.5, 0.6) is 11.5 Å². The third-order valence-corrected chi connectivity index (χ3v) is 3.48. The molecule has 24 heavy (non-hydrogen) atoms. The molecule has 2 N–H and O–H groups in total. The van der Waals surface area contributed by atoms with Crippen molar-refractivity contribution in [2.75, 3.05) is 0 Å². The summed E-state index contributed by atoms with van der Waals surface area (Å²) in [5, 5.41) is 27.7. The molecular weight excluding hydrogens is 300 g/mol. The van der Waals surface area contributed by atoms with Crippen molar-refractivity contribution in [2.45, 2.75) is 0 Å². The van der Waals surface area contributed by atoms with Gasteiger partial charge in [0.2, 0.25) is 0 Å². The maximum atomic E-state index is 9.77. The second-order valence-electron chi connectivity index (χ2n) is 5.16. The van der Waals surface area contributed by atoms with E-state index in [1.165, 1.54) is 6.21 Å². The second-order valence-corrected chi connectivity index (χ2v) is 5.16. The number of hydrogen-bond donors (Lipinski definition) is 2. The van der Waals surface area contributed by atoms with Crippen LogP contribution < -0.4 is 0 Å². The molecule has 4 nitrogen and oxygen atoms in total. The van der Waals surface area contributed by atoms with Crippen LogP contribution in [0.2, 0.25) is 0 Å². The Bertz CT molecular complexity index is 870. The summed E-state index contributed by atoms with van der Waals surface area (Å²) in [6.45, 7) is 0. The highest BCUT2D eigenvalue weighted by molar-refractivity contribution is 6.13. The Morgan fingerprint density at radius 1 is 0.708 bits per heavy atom. The van der Waals surface area contributed by atoms with E-state index in [1.807, 2.05) is 36.4 Å². The van der Waals surface area contributed by atoms with E-state index in [0.717, 1.165) is 11.1 Å². The predicted octanol–water partition coefficient (Wildman–Crippen LogP) is 3.97. The van der Waals surface area contributed by atoms with Crippen LogP contribution in [-0.2, 0) is 0 Å². The fourth-order valence-electron chi connectivity index (χ4n) is 2.24. The monoisotopic (exact) mass is 316 g/mol. The summed E-state index contributed by atoms with van der Waals surface area (Å²) in [5.41, 5.74) is 3.03. The lowest BCUT2D eigenvalue weighted by Crippen LogP contribution is -2.02. The van der Waals surface area contributed by atoms with Gasteiger partial charge in [0.15, 0.2) is 0 Å². The Morgan fingerprint density at radius 2 is 1.33 bits per heavy atom. The zero-order chi connectivity index (χ0) is 16.8. The number of para-hydroxylation sites is 1. The Hall–Kier alpha value is -3.40. The van der Waals surface area contributed by atoms with Crippen LogP contribution in [0.3, 0.4) is 0 Å². The van der Waals surface area contributed by atoms with E-state index in [1.54, 1.807) is 42.5 Å². The molecule has 0 fully saturated rings. The van der Waals surface area contributed by atoms with E-state index in [4.69, 9.17) is 0 Å². The van der Waals surface area contributed by atoms with E-state index in [0.29, 0.717) is 11.3 Å². The summed E-state index contributed by atoms with van der Waals surface area (Å²) in [7, 11) is 0. The molecule has 0 aliphatic heterocycles. The lowest BCUT2D eigenvalue weighted by atomic mass is 10.0. The Labute approximate surface area is 140 Å². The zero-order valence-electron chi connectivity index (χ0n) is 12.9. The number of nitrogens with zero attached hydrogens (tertiary/aromatic N) is 2. The molecule has 0 spiro atoms. The summed E-state index contributed by atoms with van der Waals surface area (Å²) >= 11 is 0. The first-order chi connectivity index (χ1) is 11.7. The minimum absolute atomic E-state index is 0.155. The Balaban J connectivity index is 1.98. The highest BCUT2D eigenvalue weighted by Crippen LogP contribution is 2.16. The molecule has 0 aliphatic rings. The zero-order valence-corrected chi connectivity index (χ0v) is 12.9. The molecule has 118 valence electrons. The van der Waals surface area contributed by atoms with Gasteiger partial charge >= 0.3 is 0 Å². The molecule has 0 atom stereocenters. The van der Waals surface area contributed by atoms with Crippen LogP contribution in [0.4, 0.5) is 0 Å². The van der Waals surface area contributed by atoms with Crippen molar-refractivity contribution in [1.29, 1.82) is 0 Å². The van der Waals surface area contributed by atoms with Gasteiger partial charge in [-0.1, -0.05) is 42.5 Å². The van der Waals surface area contributed by atoms with E-state index < -0.39 is 0 Å². The first-order valence-electron chi connectivity index (χ1n) is 7.48. The topological polar surface area (TPSA) is 65.2 Å². The van der Waals surface area contributed by atoms with Gasteiger partial charge in [-0.15, -0.1) is 5.10 Å². The van der Waals surface area contributed by atoms with Gasteiger partial charge in [-0.05, 0) is 36.4 Å². The third kappa shape index (κ3) is 3.67. The van der Waals surface area contributed by atoms with Crippen molar-refractivity contribution in [1.82, 2.24) is 0 Å². The molecule has 0 saturated carbocycles. The lowest BCUT2D eigenvalue weighted by molar-refractivity contribution is 0.474. The largest absolute Gasteiger partial charge is 0.508 e. The maximum Gasteiger partial charge on any atom is 0.124 e. The van der Waals surface area contributed by atoms with E-state index >= 15 is 0 Å². The molecule has 0 radical (unpaired) electrons. The fraction of sp³-hybridized carbons (Fsp3) is 0. The molecule has 0 saturated heterocycles. The molecule has 0 heterocycles. The van der Waals surface area contributed by atoms with Gasteiger partial charge < -0.3 is 10.2 Å². The van der Waals surface area contributed by atoms with Crippen molar-refractivity contribution in [2.24, 2.45) is 10.2 Å². The average molecular weight is 316 g/mol. The van der Waals surface area contributed by atoms with Gasteiger partial charge in [0, 0.05) is 16.7 Å². The van der Waals surface area contributed by atoms with Gasteiger partial charge in [0.05, 0.1) is 6.21 Å². The van der Waals surface area contributed by atoms with Crippen molar-refractivity contribution < 1.29 is 10.2 Å². The summed E-state index contributed by atoms with van der Waals surface area (Å²) in [6.07, 6.45) is 1.51. The number of rotatable bonds is 4. The van der Waals surface area contributed by atoms with Gasteiger partial charge in [-0.3, -0.25) is 0 Å². The average Bonchev–Trinajstić information content (AvgIpc) is 2.62. The normalized spacial score (nSPS) is 11.8. The SMILES string of the molecule is Oc1ccc(/C(=N\N=C\c2ccccc2O)c2ccccc2)cc1. The molecule has 0 aromatic heterocycles. The fourth-order valence-corrected chi connectivity index (χ4v) is 2.24. The van der Waals surface area contributed by atoms with Crippen LogP contribution in [-0.4, -0.2) is 22.1 Å². The number of aromatic hydroxyl groups is 2. The Morgan fingerprint density at radius 3 is 2.04 bits per heavy atom.